The van der Waals surface area contributed by atoms with E-state index in [9.17, 15) is 24.8 Å². The summed E-state index contributed by atoms with van der Waals surface area (Å²) >= 11 is 0. The standard InChI is InChI=1S/C18H19NO7/c1-10(21)16-15(13-6-4-8-26-13)17(19(23)24)14(12-5-3-7-25-12)11(9-20)18(16,2)22/h3-9,11,14-17,22H,1-2H3/t11-,14+,15+,16+,17-,18-/m0/s1. The van der Waals surface area contributed by atoms with Crippen LogP contribution in [-0.4, -0.2) is 33.7 Å². The first-order chi connectivity index (χ1) is 12.3. The number of hydrogen-bond donors (Lipinski definition) is 1. The number of carbonyl (C=O) groups excluding carboxylic acids is 2. The third kappa shape index (κ3) is 2.66. The van der Waals surface area contributed by atoms with Gasteiger partial charge in [0, 0.05) is 4.92 Å². The van der Waals surface area contributed by atoms with Crippen molar-refractivity contribution in [3.8, 4) is 0 Å². The maximum absolute atomic E-state index is 12.4. The second-order valence-corrected chi connectivity index (χ2v) is 6.83. The van der Waals surface area contributed by atoms with Crippen molar-refractivity contribution in [2.75, 3.05) is 0 Å². The molecule has 0 spiro atoms. The van der Waals surface area contributed by atoms with Gasteiger partial charge in [0.15, 0.2) is 0 Å². The van der Waals surface area contributed by atoms with Gasteiger partial charge in [0.05, 0.1) is 41.8 Å². The van der Waals surface area contributed by atoms with Gasteiger partial charge in [0.2, 0.25) is 6.04 Å². The molecule has 1 aliphatic carbocycles. The van der Waals surface area contributed by atoms with E-state index in [0.717, 1.165) is 0 Å². The van der Waals surface area contributed by atoms with Gasteiger partial charge in [-0.05, 0) is 38.1 Å². The van der Waals surface area contributed by atoms with Crippen LogP contribution in [0.1, 0.15) is 37.2 Å². The molecule has 0 unspecified atom stereocenters. The maximum Gasteiger partial charge on any atom is 0.234 e. The summed E-state index contributed by atoms with van der Waals surface area (Å²) in [5, 5.41) is 23.2. The van der Waals surface area contributed by atoms with Gasteiger partial charge in [0.1, 0.15) is 23.6 Å². The summed E-state index contributed by atoms with van der Waals surface area (Å²) in [4.78, 5) is 35.7. The topological polar surface area (TPSA) is 124 Å². The summed E-state index contributed by atoms with van der Waals surface area (Å²) in [6.07, 6.45) is 3.17. The SMILES string of the molecule is CC(=O)[C@@H]1[C@@H](c2ccco2)[C@@H]([N+](=O)[O-])[C@@H](c2ccco2)[C@H](C=O)[C@]1(C)O. The van der Waals surface area contributed by atoms with Crippen molar-refractivity contribution in [3.63, 3.8) is 0 Å². The molecular weight excluding hydrogens is 342 g/mol. The largest absolute Gasteiger partial charge is 0.469 e. The smallest absolute Gasteiger partial charge is 0.234 e. The number of carbonyl (C=O) groups is 2. The lowest BCUT2D eigenvalue weighted by molar-refractivity contribution is -0.540. The van der Waals surface area contributed by atoms with E-state index in [1.165, 1.54) is 38.5 Å². The molecule has 0 aromatic carbocycles. The lowest BCUT2D eigenvalue weighted by Gasteiger charge is -2.48. The highest BCUT2D eigenvalue weighted by Crippen LogP contribution is 2.53. The van der Waals surface area contributed by atoms with E-state index in [0.29, 0.717) is 6.29 Å². The molecule has 0 bridgehead atoms. The van der Waals surface area contributed by atoms with Gasteiger partial charge in [-0.1, -0.05) is 0 Å². The summed E-state index contributed by atoms with van der Waals surface area (Å²) in [5.74, 6) is -4.48. The van der Waals surface area contributed by atoms with Crippen LogP contribution in [0.15, 0.2) is 45.6 Å². The number of nitro groups is 1. The van der Waals surface area contributed by atoms with Crippen LogP contribution in [0.5, 0.6) is 0 Å². The minimum absolute atomic E-state index is 0.211. The predicted octanol–water partition coefficient (Wildman–Crippen LogP) is 2.17. The van der Waals surface area contributed by atoms with Crippen LogP contribution in [0.2, 0.25) is 0 Å². The van der Waals surface area contributed by atoms with Crippen molar-refractivity contribution in [1.29, 1.82) is 0 Å². The Balaban J connectivity index is 2.27. The molecule has 0 aliphatic heterocycles. The van der Waals surface area contributed by atoms with E-state index in [1.807, 2.05) is 0 Å². The first-order valence-electron chi connectivity index (χ1n) is 8.19. The summed E-state index contributed by atoms with van der Waals surface area (Å²) in [7, 11) is 0. The van der Waals surface area contributed by atoms with Crippen LogP contribution in [0, 0.1) is 22.0 Å². The molecule has 26 heavy (non-hydrogen) atoms. The second-order valence-electron chi connectivity index (χ2n) is 6.83. The zero-order valence-electron chi connectivity index (χ0n) is 14.3. The molecule has 0 radical (unpaired) electrons. The number of ketones is 1. The van der Waals surface area contributed by atoms with Gasteiger partial charge in [-0.15, -0.1) is 0 Å². The van der Waals surface area contributed by atoms with Crippen LogP contribution < -0.4 is 0 Å². The van der Waals surface area contributed by atoms with E-state index < -0.39 is 46.0 Å². The number of aldehydes is 1. The lowest BCUT2D eigenvalue weighted by atomic mass is 9.56. The Morgan fingerprint density at radius 3 is 2.15 bits per heavy atom. The molecule has 1 fully saturated rings. The second kappa shape index (κ2) is 6.53. The molecule has 1 aliphatic rings. The van der Waals surface area contributed by atoms with E-state index >= 15 is 0 Å². The molecular formula is C18H19NO7. The number of Topliss-reactive ketones (excluding diaryl/α,β-unsaturated/α-hetero) is 1. The number of aliphatic hydroxyl groups is 1. The quantitative estimate of drug-likeness (QED) is 0.491. The number of rotatable bonds is 5. The average molecular weight is 361 g/mol. The third-order valence-electron chi connectivity index (χ3n) is 5.36. The van der Waals surface area contributed by atoms with Gasteiger partial charge in [0.25, 0.3) is 0 Å². The van der Waals surface area contributed by atoms with Gasteiger partial charge in [-0.3, -0.25) is 14.9 Å². The predicted molar refractivity (Wildman–Crippen MR) is 88.0 cm³/mol. The zero-order valence-corrected chi connectivity index (χ0v) is 14.3. The Morgan fingerprint density at radius 2 is 1.77 bits per heavy atom. The van der Waals surface area contributed by atoms with Gasteiger partial charge in [-0.2, -0.15) is 0 Å². The molecule has 1 N–H and O–H groups in total. The molecule has 3 rings (SSSR count). The Bertz CT molecular complexity index is 794. The minimum Gasteiger partial charge on any atom is -0.469 e. The molecule has 2 aromatic heterocycles. The van der Waals surface area contributed by atoms with Crippen molar-refractivity contribution in [2.45, 2.75) is 37.3 Å². The zero-order chi connectivity index (χ0) is 19.1. The van der Waals surface area contributed by atoms with Crippen LogP contribution in [0.25, 0.3) is 0 Å². The maximum atomic E-state index is 12.4. The van der Waals surface area contributed by atoms with Crippen molar-refractivity contribution < 1.29 is 28.5 Å². The number of furan rings is 2. The van der Waals surface area contributed by atoms with E-state index in [4.69, 9.17) is 8.83 Å². The Morgan fingerprint density at radius 1 is 1.23 bits per heavy atom. The van der Waals surface area contributed by atoms with E-state index in [1.54, 1.807) is 12.1 Å². The van der Waals surface area contributed by atoms with Crippen molar-refractivity contribution in [1.82, 2.24) is 0 Å². The van der Waals surface area contributed by atoms with Crippen LogP contribution in [-0.2, 0) is 9.59 Å². The summed E-state index contributed by atoms with van der Waals surface area (Å²) in [5.41, 5.74) is -1.81. The number of hydrogen-bond acceptors (Lipinski definition) is 7. The summed E-state index contributed by atoms with van der Waals surface area (Å²) in [6.45, 7) is 2.61. The molecule has 8 nitrogen and oxygen atoms in total. The highest BCUT2D eigenvalue weighted by Gasteiger charge is 2.64. The van der Waals surface area contributed by atoms with Crippen LogP contribution >= 0.6 is 0 Å². The van der Waals surface area contributed by atoms with Crippen molar-refractivity contribution >= 4 is 12.1 Å². The average Bonchev–Trinajstić information content (AvgIpc) is 3.25. The first kappa shape index (κ1) is 18.1. The molecule has 2 heterocycles. The Kier molecular flexibility index (Phi) is 4.53. The number of nitrogens with zero attached hydrogens (tertiary/aromatic N) is 1. The fourth-order valence-corrected chi connectivity index (χ4v) is 4.36. The molecule has 6 atom stereocenters. The van der Waals surface area contributed by atoms with Crippen molar-refractivity contribution in [3.05, 3.63) is 58.4 Å². The van der Waals surface area contributed by atoms with Gasteiger partial charge >= 0.3 is 0 Å². The highest BCUT2D eigenvalue weighted by molar-refractivity contribution is 5.82. The Labute approximate surface area is 148 Å². The summed E-state index contributed by atoms with van der Waals surface area (Å²) in [6, 6.07) is 4.80. The van der Waals surface area contributed by atoms with Crippen LogP contribution in [0.4, 0.5) is 0 Å². The fourth-order valence-electron chi connectivity index (χ4n) is 4.36. The van der Waals surface area contributed by atoms with Gasteiger partial charge in [-0.25, -0.2) is 0 Å². The molecule has 8 heteroatoms. The molecule has 0 saturated heterocycles. The molecule has 2 aromatic rings. The minimum atomic E-state index is -1.81. The third-order valence-corrected chi connectivity index (χ3v) is 5.36. The lowest BCUT2D eigenvalue weighted by Crippen LogP contribution is -2.61. The monoisotopic (exact) mass is 361 g/mol. The van der Waals surface area contributed by atoms with E-state index in [2.05, 4.69) is 0 Å². The van der Waals surface area contributed by atoms with Gasteiger partial charge < -0.3 is 18.7 Å². The van der Waals surface area contributed by atoms with E-state index in [-0.39, 0.29) is 11.5 Å². The fraction of sp³-hybridized carbons (Fsp3) is 0.444. The highest BCUT2D eigenvalue weighted by atomic mass is 16.6. The normalized spacial score (nSPS) is 34.3. The molecule has 138 valence electrons. The molecule has 1 saturated carbocycles. The summed E-state index contributed by atoms with van der Waals surface area (Å²) < 4.78 is 10.7. The first-order valence-corrected chi connectivity index (χ1v) is 8.19. The van der Waals surface area contributed by atoms with Crippen LogP contribution in [0.3, 0.4) is 0 Å². The van der Waals surface area contributed by atoms with Crippen molar-refractivity contribution in [2.24, 2.45) is 11.8 Å². The Hall–Kier alpha value is -2.74. The molecule has 0 amide bonds.